The largest absolute Gasteiger partial charge is 0.493 e. The number of methoxy groups -OCH3 is 1. The van der Waals surface area contributed by atoms with E-state index in [2.05, 4.69) is 22.6 Å². The summed E-state index contributed by atoms with van der Waals surface area (Å²) < 4.78 is 16.2. The number of ether oxygens (including phenoxy) is 3. The number of fused-ring (bicyclic) bond motifs is 1. The SMILES string of the molecule is CCCNCc1csc(-c2cc(OC)c3c(c2)OCO3)n1. The smallest absolute Gasteiger partial charge is 0.231 e. The number of thiazole rings is 1. The predicted molar refractivity (Wildman–Crippen MR) is 82.2 cm³/mol. The van der Waals surface area contributed by atoms with Crippen LogP contribution in [0.3, 0.4) is 0 Å². The normalized spacial score (nSPS) is 12.7. The molecule has 0 atom stereocenters. The minimum absolute atomic E-state index is 0.235. The van der Waals surface area contributed by atoms with Crippen molar-refractivity contribution in [2.75, 3.05) is 20.4 Å². The van der Waals surface area contributed by atoms with Crippen LogP contribution >= 0.6 is 11.3 Å². The molecule has 1 aliphatic rings. The second-order valence-corrected chi connectivity index (χ2v) is 5.59. The second-order valence-electron chi connectivity index (χ2n) is 4.73. The molecule has 2 heterocycles. The predicted octanol–water partition coefficient (Wildman–Crippen LogP) is 3.05. The number of nitrogens with zero attached hydrogens (tertiary/aromatic N) is 1. The Bertz CT molecular complexity index is 627. The van der Waals surface area contributed by atoms with Gasteiger partial charge in [0.25, 0.3) is 0 Å². The van der Waals surface area contributed by atoms with Crippen LogP contribution in [-0.4, -0.2) is 25.4 Å². The Morgan fingerprint density at radius 3 is 3.10 bits per heavy atom. The van der Waals surface area contributed by atoms with Crippen molar-refractivity contribution in [1.82, 2.24) is 10.3 Å². The van der Waals surface area contributed by atoms with Crippen molar-refractivity contribution in [3.8, 4) is 27.8 Å². The Morgan fingerprint density at radius 1 is 1.38 bits per heavy atom. The Balaban J connectivity index is 1.84. The Labute approximate surface area is 127 Å². The molecule has 1 aliphatic heterocycles. The fourth-order valence-electron chi connectivity index (χ4n) is 2.17. The molecule has 3 rings (SSSR count). The lowest BCUT2D eigenvalue weighted by Gasteiger charge is -2.06. The van der Waals surface area contributed by atoms with Gasteiger partial charge in [0.15, 0.2) is 11.5 Å². The first-order chi connectivity index (χ1) is 10.3. The Hall–Kier alpha value is -1.79. The van der Waals surface area contributed by atoms with Crippen molar-refractivity contribution in [3.05, 3.63) is 23.2 Å². The minimum atomic E-state index is 0.235. The third-order valence-electron chi connectivity index (χ3n) is 3.19. The molecule has 0 bridgehead atoms. The fourth-order valence-corrected chi connectivity index (χ4v) is 2.97. The van der Waals surface area contributed by atoms with Gasteiger partial charge in [-0.2, -0.15) is 0 Å². The van der Waals surface area contributed by atoms with E-state index in [-0.39, 0.29) is 6.79 Å². The minimum Gasteiger partial charge on any atom is -0.493 e. The van der Waals surface area contributed by atoms with Gasteiger partial charge in [-0.05, 0) is 25.1 Å². The average molecular weight is 306 g/mol. The molecular weight excluding hydrogens is 288 g/mol. The number of nitrogens with one attached hydrogen (secondary N) is 1. The maximum atomic E-state index is 5.45. The highest BCUT2D eigenvalue weighted by molar-refractivity contribution is 7.13. The molecule has 0 fully saturated rings. The number of hydrogen-bond acceptors (Lipinski definition) is 6. The van der Waals surface area contributed by atoms with Crippen LogP contribution in [-0.2, 0) is 6.54 Å². The molecule has 0 saturated heterocycles. The lowest BCUT2D eigenvalue weighted by molar-refractivity contribution is 0.171. The monoisotopic (exact) mass is 306 g/mol. The van der Waals surface area contributed by atoms with Gasteiger partial charge in [-0.1, -0.05) is 6.92 Å². The molecule has 112 valence electrons. The van der Waals surface area contributed by atoms with E-state index in [9.17, 15) is 0 Å². The van der Waals surface area contributed by atoms with E-state index in [0.717, 1.165) is 35.8 Å². The molecule has 0 unspecified atom stereocenters. The van der Waals surface area contributed by atoms with Gasteiger partial charge in [0.1, 0.15) is 5.01 Å². The lowest BCUT2D eigenvalue weighted by Crippen LogP contribution is -2.13. The highest BCUT2D eigenvalue weighted by Gasteiger charge is 2.21. The fraction of sp³-hybridized carbons (Fsp3) is 0.400. The van der Waals surface area contributed by atoms with Crippen molar-refractivity contribution < 1.29 is 14.2 Å². The zero-order chi connectivity index (χ0) is 14.7. The summed E-state index contributed by atoms with van der Waals surface area (Å²) in [6, 6.07) is 3.89. The molecule has 1 aromatic heterocycles. The lowest BCUT2D eigenvalue weighted by atomic mass is 10.2. The summed E-state index contributed by atoms with van der Waals surface area (Å²) in [6.45, 7) is 4.19. The van der Waals surface area contributed by atoms with Gasteiger partial charge in [0.05, 0.1) is 12.8 Å². The van der Waals surface area contributed by atoms with E-state index in [0.29, 0.717) is 17.2 Å². The molecule has 21 heavy (non-hydrogen) atoms. The summed E-state index contributed by atoms with van der Waals surface area (Å²) in [7, 11) is 1.63. The molecule has 0 radical (unpaired) electrons. The standard InChI is InChI=1S/C15H18N2O3S/c1-3-4-16-7-11-8-21-15(17-11)10-5-12(18-2)14-13(6-10)19-9-20-14/h5-6,8,16H,3-4,7,9H2,1-2H3. The first-order valence-electron chi connectivity index (χ1n) is 6.95. The van der Waals surface area contributed by atoms with Crippen molar-refractivity contribution in [3.63, 3.8) is 0 Å². The van der Waals surface area contributed by atoms with Crippen LogP contribution in [0, 0.1) is 0 Å². The summed E-state index contributed by atoms with van der Waals surface area (Å²) in [5.41, 5.74) is 2.04. The third kappa shape index (κ3) is 2.96. The number of hydrogen-bond donors (Lipinski definition) is 1. The van der Waals surface area contributed by atoms with E-state index in [1.165, 1.54) is 0 Å². The molecule has 1 aromatic carbocycles. The zero-order valence-corrected chi connectivity index (χ0v) is 13.0. The molecule has 0 spiro atoms. The van der Waals surface area contributed by atoms with Gasteiger partial charge < -0.3 is 19.5 Å². The molecule has 0 saturated carbocycles. The van der Waals surface area contributed by atoms with Crippen molar-refractivity contribution in [1.29, 1.82) is 0 Å². The average Bonchev–Trinajstić information content (AvgIpc) is 3.15. The molecule has 0 aliphatic carbocycles. The molecule has 2 aromatic rings. The van der Waals surface area contributed by atoms with Crippen molar-refractivity contribution >= 4 is 11.3 Å². The Kier molecular flexibility index (Phi) is 4.26. The van der Waals surface area contributed by atoms with Crippen LogP contribution in [0.2, 0.25) is 0 Å². The second kappa shape index (κ2) is 6.32. The van der Waals surface area contributed by atoms with Gasteiger partial charge in [0.2, 0.25) is 12.5 Å². The molecule has 1 N–H and O–H groups in total. The summed E-state index contributed by atoms with van der Waals surface area (Å²) in [6.07, 6.45) is 1.12. The third-order valence-corrected chi connectivity index (χ3v) is 4.13. The molecule has 0 amide bonds. The molecule has 5 nitrogen and oxygen atoms in total. The highest BCUT2D eigenvalue weighted by Crippen LogP contribution is 2.44. The number of rotatable bonds is 6. The van der Waals surface area contributed by atoms with E-state index < -0.39 is 0 Å². The summed E-state index contributed by atoms with van der Waals surface area (Å²) in [5, 5.41) is 6.39. The van der Waals surface area contributed by atoms with E-state index in [4.69, 9.17) is 14.2 Å². The van der Waals surface area contributed by atoms with Gasteiger partial charge in [-0.3, -0.25) is 0 Å². The van der Waals surface area contributed by atoms with E-state index in [1.54, 1.807) is 18.4 Å². The molecule has 6 heteroatoms. The van der Waals surface area contributed by atoms with Gasteiger partial charge in [-0.25, -0.2) is 4.98 Å². The van der Waals surface area contributed by atoms with Crippen molar-refractivity contribution in [2.45, 2.75) is 19.9 Å². The van der Waals surface area contributed by atoms with Crippen LogP contribution in [0.5, 0.6) is 17.2 Å². The summed E-state index contributed by atoms with van der Waals surface area (Å²) in [5.74, 6) is 2.06. The van der Waals surface area contributed by atoms with Crippen LogP contribution < -0.4 is 19.5 Å². The number of aromatic nitrogens is 1. The summed E-state index contributed by atoms with van der Waals surface area (Å²) >= 11 is 1.62. The van der Waals surface area contributed by atoms with Gasteiger partial charge >= 0.3 is 0 Å². The van der Waals surface area contributed by atoms with Crippen LogP contribution in [0.1, 0.15) is 19.0 Å². The van der Waals surface area contributed by atoms with Gasteiger partial charge in [-0.15, -0.1) is 11.3 Å². The quantitative estimate of drug-likeness (QED) is 0.831. The Morgan fingerprint density at radius 2 is 2.29 bits per heavy atom. The van der Waals surface area contributed by atoms with E-state index in [1.807, 2.05) is 12.1 Å². The van der Waals surface area contributed by atoms with Crippen LogP contribution in [0.25, 0.3) is 10.6 Å². The van der Waals surface area contributed by atoms with Crippen LogP contribution in [0.15, 0.2) is 17.5 Å². The maximum absolute atomic E-state index is 5.45. The van der Waals surface area contributed by atoms with E-state index >= 15 is 0 Å². The van der Waals surface area contributed by atoms with Gasteiger partial charge in [0, 0.05) is 17.5 Å². The topological polar surface area (TPSA) is 52.6 Å². The maximum Gasteiger partial charge on any atom is 0.231 e. The van der Waals surface area contributed by atoms with Crippen molar-refractivity contribution in [2.24, 2.45) is 0 Å². The first kappa shape index (κ1) is 14.2. The first-order valence-corrected chi connectivity index (χ1v) is 7.83. The highest BCUT2D eigenvalue weighted by atomic mass is 32.1. The number of benzene rings is 1. The zero-order valence-electron chi connectivity index (χ0n) is 12.1. The molecular formula is C15H18N2O3S. The summed E-state index contributed by atoms with van der Waals surface area (Å²) in [4.78, 5) is 4.66. The van der Waals surface area contributed by atoms with Crippen LogP contribution in [0.4, 0.5) is 0 Å².